The third-order valence-corrected chi connectivity index (χ3v) is 4.66. The van der Waals surface area contributed by atoms with Gasteiger partial charge in [0.1, 0.15) is 5.58 Å². The SMILES string of the molecule is Cc1ccc2c(CC(=O)Nc3cnn(C(C)(C)C(=O)O)c3)coc2c1C. The molecule has 0 fully saturated rings. The Bertz CT molecular complexity index is 998. The molecule has 2 aromatic heterocycles. The number of nitrogens with one attached hydrogen (secondary N) is 1. The number of fused-ring (bicyclic) bond motifs is 1. The minimum absolute atomic E-state index is 0.156. The summed E-state index contributed by atoms with van der Waals surface area (Å²) in [6.07, 6.45) is 4.70. The summed E-state index contributed by atoms with van der Waals surface area (Å²) in [5.41, 5.74) is 3.05. The fraction of sp³-hybridized carbons (Fsp3) is 0.316. The molecular weight excluding hydrogens is 334 g/mol. The lowest BCUT2D eigenvalue weighted by atomic mass is 10.0. The summed E-state index contributed by atoms with van der Waals surface area (Å²) < 4.78 is 6.94. The molecule has 0 atom stereocenters. The summed E-state index contributed by atoms with van der Waals surface area (Å²) in [5, 5.41) is 16.9. The number of aryl methyl sites for hydroxylation is 2. The van der Waals surface area contributed by atoms with Crippen molar-refractivity contribution in [2.45, 2.75) is 39.7 Å². The molecule has 2 heterocycles. The zero-order valence-corrected chi connectivity index (χ0v) is 15.2. The third-order valence-electron chi connectivity index (χ3n) is 4.66. The zero-order valence-electron chi connectivity index (χ0n) is 15.2. The van der Waals surface area contributed by atoms with E-state index in [0.29, 0.717) is 5.69 Å². The molecule has 1 aromatic carbocycles. The second-order valence-electron chi connectivity index (χ2n) is 6.91. The molecule has 0 bridgehead atoms. The molecule has 1 amide bonds. The van der Waals surface area contributed by atoms with Gasteiger partial charge < -0.3 is 14.8 Å². The zero-order chi connectivity index (χ0) is 19.1. The lowest BCUT2D eigenvalue weighted by molar-refractivity contribution is -0.146. The van der Waals surface area contributed by atoms with E-state index in [1.54, 1.807) is 6.26 Å². The van der Waals surface area contributed by atoms with Gasteiger partial charge in [0.05, 0.1) is 24.6 Å². The van der Waals surface area contributed by atoms with Crippen molar-refractivity contribution in [3.05, 3.63) is 47.5 Å². The van der Waals surface area contributed by atoms with Crippen molar-refractivity contribution in [1.29, 1.82) is 0 Å². The largest absolute Gasteiger partial charge is 0.479 e. The maximum Gasteiger partial charge on any atom is 0.331 e. The first-order valence-electron chi connectivity index (χ1n) is 8.25. The molecule has 7 heteroatoms. The average Bonchev–Trinajstić information content (AvgIpc) is 3.19. The van der Waals surface area contributed by atoms with E-state index in [-0.39, 0.29) is 12.3 Å². The summed E-state index contributed by atoms with van der Waals surface area (Å²) in [7, 11) is 0. The van der Waals surface area contributed by atoms with Gasteiger partial charge in [-0.05, 0) is 38.8 Å². The molecule has 0 aliphatic carbocycles. The van der Waals surface area contributed by atoms with E-state index in [0.717, 1.165) is 27.7 Å². The lowest BCUT2D eigenvalue weighted by Crippen LogP contribution is -2.35. The van der Waals surface area contributed by atoms with E-state index in [4.69, 9.17) is 4.42 Å². The Morgan fingerprint density at radius 2 is 2.04 bits per heavy atom. The summed E-state index contributed by atoms with van der Waals surface area (Å²) in [6.45, 7) is 7.08. The van der Waals surface area contributed by atoms with E-state index in [1.165, 1.54) is 30.9 Å². The van der Waals surface area contributed by atoms with Gasteiger partial charge in [0.2, 0.25) is 5.91 Å². The minimum Gasteiger partial charge on any atom is -0.479 e. The highest BCUT2D eigenvalue weighted by Crippen LogP contribution is 2.27. The molecule has 0 unspecified atom stereocenters. The van der Waals surface area contributed by atoms with Gasteiger partial charge in [0, 0.05) is 17.1 Å². The van der Waals surface area contributed by atoms with Crippen molar-refractivity contribution in [2.24, 2.45) is 0 Å². The highest BCUT2D eigenvalue weighted by atomic mass is 16.4. The van der Waals surface area contributed by atoms with Gasteiger partial charge in [-0.15, -0.1) is 0 Å². The number of furan rings is 1. The van der Waals surface area contributed by atoms with E-state index >= 15 is 0 Å². The molecule has 2 N–H and O–H groups in total. The quantitative estimate of drug-likeness (QED) is 0.732. The number of nitrogens with zero attached hydrogens (tertiary/aromatic N) is 2. The van der Waals surface area contributed by atoms with Crippen LogP contribution in [0.4, 0.5) is 5.69 Å². The smallest absolute Gasteiger partial charge is 0.331 e. The van der Waals surface area contributed by atoms with E-state index < -0.39 is 11.5 Å². The number of carbonyl (C=O) groups excluding carboxylic acids is 1. The molecule has 136 valence electrons. The highest BCUT2D eigenvalue weighted by molar-refractivity contribution is 5.95. The standard InChI is InChI=1S/C19H21N3O4/c1-11-5-6-15-13(10-26-17(15)12(11)2)7-16(23)21-14-8-20-22(9-14)19(3,4)18(24)25/h5-6,8-10H,7H2,1-4H3,(H,21,23)(H,24,25). The number of amides is 1. The second-order valence-corrected chi connectivity index (χ2v) is 6.91. The van der Waals surface area contributed by atoms with Crippen LogP contribution >= 0.6 is 0 Å². The van der Waals surface area contributed by atoms with Crippen LogP contribution in [0.1, 0.15) is 30.5 Å². The summed E-state index contributed by atoms with van der Waals surface area (Å²) in [4.78, 5) is 23.6. The third kappa shape index (κ3) is 3.08. The molecule has 0 spiro atoms. The molecule has 0 aliphatic heterocycles. The number of aliphatic carboxylic acids is 1. The maximum atomic E-state index is 12.4. The fourth-order valence-electron chi connectivity index (χ4n) is 2.69. The number of hydrogen-bond acceptors (Lipinski definition) is 4. The fourth-order valence-corrected chi connectivity index (χ4v) is 2.69. The molecule has 0 saturated carbocycles. The number of aromatic nitrogens is 2. The Kier molecular flexibility index (Phi) is 4.31. The normalized spacial score (nSPS) is 11.7. The Balaban J connectivity index is 1.75. The lowest BCUT2D eigenvalue weighted by Gasteiger charge is -2.19. The number of rotatable bonds is 5. The first-order valence-corrected chi connectivity index (χ1v) is 8.25. The summed E-state index contributed by atoms with van der Waals surface area (Å²) in [5.74, 6) is -1.23. The van der Waals surface area contributed by atoms with Crippen LogP contribution in [-0.4, -0.2) is 26.8 Å². The molecule has 3 aromatic rings. The highest BCUT2D eigenvalue weighted by Gasteiger charge is 2.30. The van der Waals surface area contributed by atoms with Crippen molar-refractivity contribution in [1.82, 2.24) is 9.78 Å². The van der Waals surface area contributed by atoms with Crippen molar-refractivity contribution in [3.63, 3.8) is 0 Å². The van der Waals surface area contributed by atoms with Crippen LogP contribution < -0.4 is 5.32 Å². The Labute approximate surface area is 150 Å². The first kappa shape index (κ1) is 17.7. The van der Waals surface area contributed by atoms with E-state index in [9.17, 15) is 14.7 Å². The van der Waals surface area contributed by atoms with Crippen LogP contribution in [-0.2, 0) is 21.5 Å². The molecule has 0 radical (unpaired) electrons. The van der Waals surface area contributed by atoms with Gasteiger partial charge in [-0.3, -0.25) is 9.48 Å². The van der Waals surface area contributed by atoms with E-state index in [2.05, 4.69) is 10.4 Å². The van der Waals surface area contributed by atoms with Crippen LogP contribution in [0.3, 0.4) is 0 Å². The maximum absolute atomic E-state index is 12.4. The van der Waals surface area contributed by atoms with Crippen LogP contribution in [0.5, 0.6) is 0 Å². The monoisotopic (exact) mass is 355 g/mol. The van der Waals surface area contributed by atoms with Crippen LogP contribution in [0, 0.1) is 13.8 Å². The average molecular weight is 355 g/mol. The van der Waals surface area contributed by atoms with Crippen molar-refractivity contribution in [3.8, 4) is 0 Å². The molecule has 0 saturated heterocycles. The Morgan fingerprint density at radius 3 is 2.73 bits per heavy atom. The number of anilines is 1. The summed E-state index contributed by atoms with van der Waals surface area (Å²) >= 11 is 0. The van der Waals surface area contributed by atoms with Crippen molar-refractivity contribution >= 4 is 28.5 Å². The second kappa shape index (κ2) is 6.33. The Hall–Kier alpha value is -3.09. The van der Waals surface area contributed by atoms with Gasteiger partial charge >= 0.3 is 5.97 Å². The van der Waals surface area contributed by atoms with Crippen molar-refractivity contribution in [2.75, 3.05) is 5.32 Å². The topological polar surface area (TPSA) is 97.4 Å². The molecule has 26 heavy (non-hydrogen) atoms. The molecule has 7 nitrogen and oxygen atoms in total. The van der Waals surface area contributed by atoms with Crippen LogP contribution in [0.2, 0.25) is 0 Å². The predicted octanol–water partition coefficient (Wildman–Crippen LogP) is 3.25. The number of hydrogen-bond donors (Lipinski definition) is 2. The van der Waals surface area contributed by atoms with Gasteiger partial charge in [-0.2, -0.15) is 5.10 Å². The van der Waals surface area contributed by atoms with Gasteiger partial charge in [0.25, 0.3) is 0 Å². The first-order chi connectivity index (χ1) is 12.2. The van der Waals surface area contributed by atoms with Gasteiger partial charge in [0.15, 0.2) is 5.54 Å². The predicted molar refractivity (Wildman–Crippen MR) is 97.2 cm³/mol. The number of carboxylic acid groups (broad SMARTS) is 1. The van der Waals surface area contributed by atoms with Crippen LogP contribution in [0.25, 0.3) is 11.0 Å². The van der Waals surface area contributed by atoms with Crippen LogP contribution in [0.15, 0.2) is 35.2 Å². The van der Waals surface area contributed by atoms with E-state index in [1.807, 2.05) is 26.0 Å². The Morgan fingerprint density at radius 1 is 1.31 bits per heavy atom. The number of carbonyl (C=O) groups is 2. The molecular formula is C19H21N3O4. The van der Waals surface area contributed by atoms with Gasteiger partial charge in [-0.1, -0.05) is 12.1 Å². The number of carboxylic acids is 1. The number of benzene rings is 1. The molecule has 0 aliphatic rings. The summed E-state index contributed by atoms with van der Waals surface area (Å²) in [6, 6.07) is 3.96. The van der Waals surface area contributed by atoms with Gasteiger partial charge in [-0.25, -0.2) is 4.79 Å². The minimum atomic E-state index is -1.20. The molecule has 3 rings (SSSR count). The van der Waals surface area contributed by atoms with Crippen molar-refractivity contribution < 1.29 is 19.1 Å².